The monoisotopic (exact) mass is 320 g/mol. The van der Waals surface area contributed by atoms with Crippen molar-refractivity contribution in [2.75, 3.05) is 37.7 Å². The van der Waals surface area contributed by atoms with Crippen molar-refractivity contribution in [3.05, 3.63) is 12.4 Å². The fourth-order valence-electron chi connectivity index (χ4n) is 2.93. The Bertz CT molecular complexity index is 514. The second-order valence-corrected chi connectivity index (χ2v) is 5.90. The molecule has 1 aromatic rings. The first-order valence-corrected chi connectivity index (χ1v) is 8.42. The Labute approximate surface area is 136 Å². The van der Waals surface area contributed by atoms with Crippen LogP contribution in [0, 0.1) is 0 Å². The zero-order valence-corrected chi connectivity index (χ0v) is 13.4. The molecule has 0 bridgehead atoms. The average molecular weight is 320 g/mol. The molecule has 2 fully saturated rings. The molecule has 0 unspecified atom stereocenters. The molecule has 7 nitrogen and oxygen atoms in total. The highest BCUT2D eigenvalue weighted by molar-refractivity contribution is 5.80. The van der Waals surface area contributed by atoms with E-state index in [9.17, 15) is 4.79 Å². The Morgan fingerprint density at radius 2 is 2.17 bits per heavy atom. The number of carbonyl (C=O) groups excluding carboxylic acids is 1. The highest BCUT2D eigenvalue weighted by Crippen LogP contribution is 2.20. The second kappa shape index (κ2) is 8.10. The van der Waals surface area contributed by atoms with Crippen LogP contribution in [0.3, 0.4) is 0 Å². The van der Waals surface area contributed by atoms with Gasteiger partial charge in [0.2, 0.25) is 11.8 Å². The van der Waals surface area contributed by atoms with Gasteiger partial charge in [0.15, 0.2) is 0 Å². The number of anilines is 1. The fraction of sp³-hybridized carbons (Fsp3) is 0.688. The lowest BCUT2D eigenvalue weighted by atomic mass is 10.1. The number of piperidine rings is 1. The molecular weight excluding hydrogens is 296 g/mol. The van der Waals surface area contributed by atoms with E-state index in [0.29, 0.717) is 25.6 Å². The third kappa shape index (κ3) is 4.54. The van der Waals surface area contributed by atoms with E-state index in [2.05, 4.69) is 20.2 Å². The zero-order chi connectivity index (χ0) is 15.9. The fourth-order valence-corrected chi connectivity index (χ4v) is 2.93. The van der Waals surface area contributed by atoms with Crippen molar-refractivity contribution in [1.29, 1.82) is 0 Å². The van der Waals surface area contributed by atoms with Crippen molar-refractivity contribution in [3.8, 4) is 5.88 Å². The molecule has 0 aromatic carbocycles. The first-order chi connectivity index (χ1) is 11.3. The molecule has 0 aliphatic carbocycles. The summed E-state index contributed by atoms with van der Waals surface area (Å²) >= 11 is 0. The first-order valence-electron chi connectivity index (χ1n) is 8.42. The summed E-state index contributed by atoms with van der Waals surface area (Å²) in [5, 5.41) is 2.83. The number of rotatable bonds is 6. The van der Waals surface area contributed by atoms with Crippen LogP contribution in [0.5, 0.6) is 5.88 Å². The van der Waals surface area contributed by atoms with Crippen LogP contribution in [0.15, 0.2) is 12.4 Å². The predicted octanol–water partition coefficient (Wildman–Crippen LogP) is 1.14. The summed E-state index contributed by atoms with van der Waals surface area (Å²) in [6.45, 7) is 3.58. The molecule has 7 heteroatoms. The van der Waals surface area contributed by atoms with Gasteiger partial charge < -0.3 is 19.7 Å². The van der Waals surface area contributed by atoms with Crippen LogP contribution in [0.1, 0.15) is 32.1 Å². The maximum absolute atomic E-state index is 11.8. The van der Waals surface area contributed by atoms with Crippen LogP contribution >= 0.6 is 0 Å². The van der Waals surface area contributed by atoms with Gasteiger partial charge in [0, 0.05) is 25.8 Å². The summed E-state index contributed by atoms with van der Waals surface area (Å²) in [5.41, 5.74) is 0. The number of carbonyl (C=O) groups is 1. The molecule has 1 N–H and O–H groups in total. The smallest absolute Gasteiger partial charge is 0.249 e. The minimum atomic E-state index is -0.292. The van der Waals surface area contributed by atoms with Gasteiger partial charge in [-0.25, -0.2) is 9.97 Å². The van der Waals surface area contributed by atoms with Gasteiger partial charge in [0.05, 0.1) is 6.54 Å². The molecule has 2 saturated heterocycles. The lowest BCUT2D eigenvalue weighted by Gasteiger charge is -2.27. The van der Waals surface area contributed by atoms with Gasteiger partial charge in [0.25, 0.3) is 0 Å². The maximum Gasteiger partial charge on any atom is 0.249 e. The molecule has 23 heavy (non-hydrogen) atoms. The highest BCUT2D eigenvalue weighted by Gasteiger charge is 2.22. The highest BCUT2D eigenvalue weighted by atomic mass is 16.5. The summed E-state index contributed by atoms with van der Waals surface area (Å²) in [6.07, 6.45) is 6.69. The molecule has 3 heterocycles. The number of aromatic nitrogens is 2. The quantitative estimate of drug-likeness (QED) is 0.792. The van der Waals surface area contributed by atoms with Crippen LogP contribution in [0.2, 0.25) is 0 Å². The lowest BCUT2D eigenvalue weighted by Crippen LogP contribution is -2.36. The molecule has 0 saturated carbocycles. The Balaban J connectivity index is 1.42. The molecule has 0 spiro atoms. The molecule has 1 atom stereocenters. The summed E-state index contributed by atoms with van der Waals surface area (Å²) < 4.78 is 11.0. The van der Waals surface area contributed by atoms with Crippen molar-refractivity contribution in [2.24, 2.45) is 0 Å². The number of amides is 1. The van der Waals surface area contributed by atoms with E-state index in [1.807, 2.05) is 6.07 Å². The SMILES string of the molecule is O=C(NCCOc1cc(N2CCCCC2)ncn1)[C@@H]1CCCO1. The number of hydrogen-bond acceptors (Lipinski definition) is 6. The summed E-state index contributed by atoms with van der Waals surface area (Å²) in [5.74, 6) is 1.41. The van der Waals surface area contributed by atoms with Crippen LogP contribution in [0.4, 0.5) is 5.82 Å². The van der Waals surface area contributed by atoms with Crippen molar-refractivity contribution in [1.82, 2.24) is 15.3 Å². The van der Waals surface area contributed by atoms with Crippen LogP contribution < -0.4 is 15.0 Å². The lowest BCUT2D eigenvalue weighted by molar-refractivity contribution is -0.130. The largest absolute Gasteiger partial charge is 0.476 e. The van der Waals surface area contributed by atoms with Gasteiger partial charge in [-0.15, -0.1) is 0 Å². The standard InChI is InChI=1S/C16H24N4O3/c21-16(13-5-4-9-22-13)17-6-10-23-15-11-14(18-12-19-15)20-7-2-1-3-8-20/h11-13H,1-10H2,(H,17,21)/t13-/m0/s1. The predicted molar refractivity (Wildman–Crippen MR) is 85.6 cm³/mol. The molecule has 2 aliphatic heterocycles. The van der Waals surface area contributed by atoms with E-state index in [1.54, 1.807) is 0 Å². The van der Waals surface area contributed by atoms with Crippen molar-refractivity contribution < 1.29 is 14.3 Å². The Morgan fingerprint density at radius 3 is 2.96 bits per heavy atom. The summed E-state index contributed by atoms with van der Waals surface area (Å²) in [4.78, 5) is 22.5. The van der Waals surface area contributed by atoms with Crippen molar-refractivity contribution in [2.45, 2.75) is 38.2 Å². The topological polar surface area (TPSA) is 76.6 Å². The number of ether oxygens (including phenoxy) is 2. The van der Waals surface area contributed by atoms with Crippen LogP contribution in [-0.2, 0) is 9.53 Å². The van der Waals surface area contributed by atoms with Gasteiger partial charge in [0.1, 0.15) is 24.9 Å². The van der Waals surface area contributed by atoms with E-state index in [4.69, 9.17) is 9.47 Å². The van der Waals surface area contributed by atoms with Gasteiger partial charge in [-0.2, -0.15) is 0 Å². The maximum atomic E-state index is 11.8. The van der Waals surface area contributed by atoms with Gasteiger partial charge >= 0.3 is 0 Å². The van der Waals surface area contributed by atoms with Gasteiger partial charge in [-0.3, -0.25) is 4.79 Å². The summed E-state index contributed by atoms with van der Waals surface area (Å²) in [6, 6.07) is 1.87. The average Bonchev–Trinajstić information content (AvgIpc) is 3.14. The molecule has 3 rings (SSSR count). The minimum absolute atomic E-state index is 0.0530. The van der Waals surface area contributed by atoms with E-state index < -0.39 is 0 Å². The number of nitrogens with one attached hydrogen (secondary N) is 1. The Hall–Kier alpha value is -1.89. The molecule has 0 radical (unpaired) electrons. The third-order valence-corrected chi connectivity index (χ3v) is 4.18. The van der Waals surface area contributed by atoms with Gasteiger partial charge in [-0.05, 0) is 32.1 Å². The van der Waals surface area contributed by atoms with Crippen LogP contribution in [-0.4, -0.2) is 54.8 Å². The minimum Gasteiger partial charge on any atom is -0.476 e. The molecule has 1 aromatic heterocycles. The molecular formula is C16H24N4O3. The van der Waals surface area contributed by atoms with Gasteiger partial charge in [-0.1, -0.05) is 0 Å². The third-order valence-electron chi connectivity index (χ3n) is 4.18. The van der Waals surface area contributed by atoms with E-state index in [1.165, 1.54) is 25.6 Å². The van der Waals surface area contributed by atoms with Crippen LogP contribution in [0.25, 0.3) is 0 Å². The molecule has 2 aliphatic rings. The zero-order valence-electron chi connectivity index (χ0n) is 13.4. The Morgan fingerprint density at radius 1 is 1.30 bits per heavy atom. The summed E-state index contributed by atoms with van der Waals surface area (Å²) in [7, 11) is 0. The second-order valence-electron chi connectivity index (χ2n) is 5.90. The van der Waals surface area contributed by atoms with E-state index in [-0.39, 0.29) is 12.0 Å². The molecule has 1 amide bonds. The van der Waals surface area contributed by atoms with E-state index >= 15 is 0 Å². The number of nitrogens with zero attached hydrogens (tertiary/aromatic N) is 3. The normalized spacial score (nSPS) is 21.2. The first kappa shape index (κ1) is 16.0. The van der Waals surface area contributed by atoms with Crippen molar-refractivity contribution in [3.63, 3.8) is 0 Å². The van der Waals surface area contributed by atoms with Crippen molar-refractivity contribution >= 4 is 11.7 Å². The Kier molecular flexibility index (Phi) is 5.63. The van der Waals surface area contributed by atoms with E-state index in [0.717, 1.165) is 31.7 Å². The number of hydrogen-bond donors (Lipinski definition) is 1. The molecule has 126 valence electrons.